The van der Waals surface area contributed by atoms with Crippen LogP contribution in [0.3, 0.4) is 0 Å². The number of aromatic nitrogens is 2. The third-order valence-corrected chi connectivity index (χ3v) is 3.94. The van der Waals surface area contributed by atoms with Crippen molar-refractivity contribution >= 4 is 34.7 Å². The van der Waals surface area contributed by atoms with Crippen molar-refractivity contribution in [3.63, 3.8) is 0 Å². The molecule has 0 radical (unpaired) electrons. The molecule has 0 atom stereocenters. The molecule has 0 unspecified atom stereocenters. The number of rotatable bonds is 4. The van der Waals surface area contributed by atoms with E-state index in [4.69, 9.17) is 17.3 Å². The second kappa shape index (κ2) is 4.74. The summed E-state index contributed by atoms with van der Waals surface area (Å²) in [6.07, 6.45) is 2.40. The molecule has 2 heterocycles. The fraction of sp³-hybridized carbons (Fsp3) is 0.333. The maximum atomic E-state index is 5.95. The van der Waals surface area contributed by atoms with E-state index in [0.717, 1.165) is 12.4 Å². The SMILES string of the molecule is Nc1nc(Cl)cc(N(Cc2cccs2)C2CC2)n1. The molecule has 0 amide bonds. The van der Waals surface area contributed by atoms with Crippen molar-refractivity contribution in [2.75, 3.05) is 10.6 Å². The predicted molar refractivity (Wildman–Crippen MR) is 75.0 cm³/mol. The molecule has 3 rings (SSSR count). The van der Waals surface area contributed by atoms with Gasteiger partial charge in [0.15, 0.2) is 0 Å². The van der Waals surface area contributed by atoms with Crippen LogP contribution >= 0.6 is 22.9 Å². The van der Waals surface area contributed by atoms with Gasteiger partial charge in [-0.2, -0.15) is 4.98 Å². The summed E-state index contributed by atoms with van der Waals surface area (Å²) in [4.78, 5) is 11.8. The second-order valence-electron chi connectivity index (χ2n) is 4.35. The van der Waals surface area contributed by atoms with E-state index in [9.17, 15) is 0 Å². The van der Waals surface area contributed by atoms with Crippen LogP contribution in [0.2, 0.25) is 5.15 Å². The lowest BCUT2D eigenvalue weighted by atomic mass is 10.3. The van der Waals surface area contributed by atoms with Crippen LogP contribution in [0.4, 0.5) is 11.8 Å². The quantitative estimate of drug-likeness (QED) is 0.875. The van der Waals surface area contributed by atoms with Crippen molar-refractivity contribution in [1.82, 2.24) is 9.97 Å². The third-order valence-electron chi connectivity index (χ3n) is 2.89. The largest absolute Gasteiger partial charge is 0.368 e. The van der Waals surface area contributed by atoms with Crippen LogP contribution in [-0.4, -0.2) is 16.0 Å². The van der Waals surface area contributed by atoms with Gasteiger partial charge in [0.05, 0.1) is 6.54 Å². The highest BCUT2D eigenvalue weighted by molar-refractivity contribution is 7.09. The first kappa shape index (κ1) is 11.7. The minimum Gasteiger partial charge on any atom is -0.368 e. The normalized spacial score (nSPS) is 14.7. The van der Waals surface area contributed by atoms with E-state index in [2.05, 4.69) is 32.4 Å². The minimum absolute atomic E-state index is 0.231. The average molecular weight is 281 g/mol. The predicted octanol–water partition coefficient (Wildman–Crippen LogP) is 2.94. The lowest BCUT2D eigenvalue weighted by Crippen LogP contribution is -2.26. The number of nitrogens with zero attached hydrogens (tertiary/aromatic N) is 3. The zero-order chi connectivity index (χ0) is 12.5. The Balaban J connectivity index is 1.89. The standard InChI is InChI=1S/C12H13ClN4S/c13-10-6-11(16-12(14)15-10)17(8-3-4-8)7-9-2-1-5-18-9/h1-2,5-6,8H,3-4,7H2,(H2,14,15,16). The minimum atomic E-state index is 0.231. The molecule has 1 aliphatic carbocycles. The summed E-state index contributed by atoms with van der Waals surface area (Å²) >= 11 is 7.70. The van der Waals surface area contributed by atoms with Gasteiger partial charge in [0.25, 0.3) is 0 Å². The first-order valence-electron chi connectivity index (χ1n) is 5.81. The number of thiophene rings is 1. The lowest BCUT2D eigenvalue weighted by molar-refractivity contribution is 0.785. The summed E-state index contributed by atoms with van der Waals surface area (Å²) in [5.41, 5.74) is 5.66. The van der Waals surface area contributed by atoms with Crippen LogP contribution < -0.4 is 10.6 Å². The summed E-state index contributed by atoms with van der Waals surface area (Å²) in [6, 6.07) is 6.53. The Morgan fingerprint density at radius 2 is 2.28 bits per heavy atom. The Labute approximate surface area is 114 Å². The molecular formula is C12H13ClN4S. The van der Waals surface area contributed by atoms with Crippen LogP contribution in [-0.2, 0) is 6.54 Å². The van der Waals surface area contributed by atoms with Gasteiger partial charge in [-0.25, -0.2) is 4.98 Å². The molecule has 0 aliphatic heterocycles. The molecule has 18 heavy (non-hydrogen) atoms. The van der Waals surface area contributed by atoms with E-state index in [1.54, 1.807) is 17.4 Å². The molecule has 94 valence electrons. The number of hydrogen-bond donors (Lipinski definition) is 1. The monoisotopic (exact) mass is 280 g/mol. The van der Waals surface area contributed by atoms with Gasteiger partial charge < -0.3 is 10.6 Å². The summed E-state index contributed by atoms with van der Waals surface area (Å²) in [5.74, 6) is 1.05. The highest BCUT2D eigenvalue weighted by Crippen LogP contribution is 2.33. The Morgan fingerprint density at radius 3 is 2.89 bits per heavy atom. The fourth-order valence-corrected chi connectivity index (χ4v) is 2.81. The number of nitrogens with two attached hydrogens (primary N) is 1. The zero-order valence-electron chi connectivity index (χ0n) is 9.71. The van der Waals surface area contributed by atoms with Gasteiger partial charge in [0, 0.05) is 17.0 Å². The van der Waals surface area contributed by atoms with Gasteiger partial charge in [-0.05, 0) is 24.3 Å². The van der Waals surface area contributed by atoms with Gasteiger partial charge in [-0.1, -0.05) is 17.7 Å². The molecule has 0 aromatic carbocycles. The molecule has 2 aromatic rings. The van der Waals surface area contributed by atoms with E-state index in [1.807, 2.05) is 0 Å². The number of nitrogen functional groups attached to an aromatic ring is 1. The molecular weight excluding hydrogens is 268 g/mol. The van der Waals surface area contributed by atoms with Gasteiger partial charge in [-0.3, -0.25) is 0 Å². The molecule has 0 spiro atoms. The van der Waals surface area contributed by atoms with E-state index in [-0.39, 0.29) is 5.95 Å². The van der Waals surface area contributed by atoms with E-state index < -0.39 is 0 Å². The maximum Gasteiger partial charge on any atom is 0.223 e. The molecule has 1 aliphatic rings. The van der Waals surface area contributed by atoms with E-state index in [1.165, 1.54) is 17.7 Å². The van der Waals surface area contributed by atoms with Crippen molar-refractivity contribution < 1.29 is 0 Å². The second-order valence-corrected chi connectivity index (χ2v) is 5.76. The first-order valence-corrected chi connectivity index (χ1v) is 7.07. The molecule has 2 N–H and O–H groups in total. The van der Waals surface area contributed by atoms with Crippen LogP contribution in [0.1, 0.15) is 17.7 Å². The summed E-state index contributed by atoms with van der Waals surface area (Å²) in [7, 11) is 0. The fourth-order valence-electron chi connectivity index (χ4n) is 1.92. The molecule has 4 nitrogen and oxygen atoms in total. The molecule has 2 aromatic heterocycles. The Kier molecular flexibility index (Phi) is 3.09. The first-order chi connectivity index (χ1) is 8.72. The van der Waals surface area contributed by atoms with Crippen molar-refractivity contribution in [3.05, 3.63) is 33.6 Å². The van der Waals surface area contributed by atoms with Crippen molar-refractivity contribution in [2.24, 2.45) is 0 Å². The molecule has 0 saturated heterocycles. The third kappa shape index (κ3) is 2.57. The molecule has 0 bridgehead atoms. The summed E-state index contributed by atoms with van der Waals surface area (Å²) < 4.78 is 0. The maximum absolute atomic E-state index is 5.95. The molecule has 6 heteroatoms. The topological polar surface area (TPSA) is 55.0 Å². The van der Waals surface area contributed by atoms with Crippen LogP contribution in [0.5, 0.6) is 0 Å². The lowest BCUT2D eigenvalue weighted by Gasteiger charge is -2.23. The van der Waals surface area contributed by atoms with Crippen molar-refractivity contribution in [1.29, 1.82) is 0 Å². The summed E-state index contributed by atoms with van der Waals surface area (Å²) in [5, 5.41) is 2.48. The zero-order valence-corrected chi connectivity index (χ0v) is 11.3. The molecule has 1 fully saturated rings. The van der Waals surface area contributed by atoms with Gasteiger partial charge in [0.1, 0.15) is 11.0 Å². The Morgan fingerprint density at radius 1 is 1.44 bits per heavy atom. The van der Waals surface area contributed by atoms with Crippen LogP contribution in [0.15, 0.2) is 23.6 Å². The van der Waals surface area contributed by atoms with Gasteiger partial charge >= 0.3 is 0 Å². The van der Waals surface area contributed by atoms with Gasteiger partial charge in [0.2, 0.25) is 5.95 Å². The van der Waals surface area contributed by atoms with Crippen molar-refractivity contribution in [2.45, 2.75) is 25.4 Å². The smallest absolute Gasteiger partial charge is 0.223 e. The number of hydrogen-bond acceptors (Lipinski definition) is 5. The van der Waals surface area contributed by atoms with Gasteiger partial charge in [-0.15, -0.1) is 11.3 Å². The highest BCUT2D eigenvalue weighted by Gasteiger charge is 2.30. The van der Waals surface area contributed by atoms with Crippen LogP contribution in [0.25, 0.3) is 0 Å². The van der Waals surface area contributed by atoms with Crippen LogP contribution in [0, 0.1) is 0 Å². The highest BCUT2D eigenvalue weighted by atomic mass is 35.5. The molecule has 1 saturated carbocycles. The van der Waals surface area contributed by atoms with E-state index in [0.29, 0.717) is 11.2 Å². The average Bonchev–Trinajstić information content (AvgIpc) is 3.02. The summed E-state index contributed by atoms with van der Waals surface area (Å²) in [6.45, 7) is 0.856. The van der Waals surface area contributed by atoms with E-state index >= 15 is 0 Å². The van der Waals surface area contributed by atoms with Crippen molar-refractivity contribution in [3.8, 4) is 0 Å². The Bertz CT molecular complexity index is 519. The Hall–Kier alpha value is -1.33. The number of anilines is 2. The number of halogens is 1.